The van der Waals surface area contributed by atoms with Crippen LogP contribution >= 0.6 is 0 Å². The molecule has 2 heterocycles. The van der Waals surface area contributed by atoms with E-state index in [2.05, 4.69) is 65.4 Å². The number of amides is 1. The van der Waals surface area contributed by atoms with Crippen molar-refractivity contribution in [2.45, 2.75) is 50.8 Å². The molecule has 1 spiro atoms. The van der Waals surface area contributed by atoms with Crippen molar-refractivity contribution >= 4 is 6.09 Å². The van der Waals surface area contributed by atoms with Gasteiger partial charge in [0.25, 0.3) is 0 Å². The molecule has 3 aliphatic rings. The third-order valence-electron chi connectivity index (χ3n) is 7.42. The summed E-state index contributed by atoms with van der Waals surface area (Å²) in [5, 5.41) is 0. The summed E-state index contributed by atoms with van der Waals surface area (Å²) in [7, 11) is 2.20. The number of carbonyl (C=O) groups excluding carboxylic acids is 1. The van der Waals surface area contributed by atoms with Crippen molar-refractivity contribution in [2.24, 2.45) is 0 Å². The highest BCUT2D eigenvalue weighted by atomic mass is 16.6. The fraction of sp³-hybridized carbons (Fsp3) is 0.519. The van der Waals surface area contributed by atoms with Crippen LogP contribution < -0.4 is 0 Å². The van der Waals surface area contributed by atoms with Crippen LogP contribution in [0.4, 0.5) is 4.79 Å². The van der Waals surface area contributed by atoms with Crippen molar-refractivity contribution in [2.75, 3.05) is 39.8 Å². The minimum atomic E-state index is -0.221. The van der Waals surface area contributed by atoms with E-state index in [0.29, 0.717) is 6.54 Å². The molecule has 170 valence electrons. The maximum Gasteiger partial charge on any atom is 0.410 e. The predicted molar refractivity (Wildman–Crippen MR) is 127 cm³/mol. The van der Waals surface area contributed by atoms with Gasteiger partial charge in [-0.05, 0) is 55.0 Å². The van der Waals surface area contributed by atoms with Crippen LogP contribution in [0.2, 0.25) is 0 Å². The van der Waals surface area contributed by atoms with Gasteiger partial charge in [-0.15, -0.1) is 0 Å². The van der Waals surface area contributed by atoms with E-state index in [1.165, 1.54) is 36.0 Å². The molecule has 0 aromatic heterocycles. The van der Waals surface area contributed by atoms with Crippen LogP contribution in [0.15, 0.2) is 48.5 Å². The Morgan fingerprint density at radius 2 is 1.34 bits per heavy atom. The van der Waals surface area contributed by atoms with Gasteiger partial charge in [-0.2, -0.15) is 0 Å². The molecule has 2 aromatic carbocycles. The van der Waals surface area contributed by atoms with E-state index >= 15 is 0 Å². The smallest absolute Gasteiger partial charge is 0.410 e. The van der Waals surface area contributed by atoms with E-state index in [-0.39, 0.29) is 11.7 Å². The maximum absolute atomic E-state index is 12.4. The zero-order chi connectivity index (χ0) is 22.0. The number of benzene rings is 2. The average Bonchev–Trinajstić information content (AvgIpc) is 3.11. The van der Waals surface area contributed by atoms with Crippen LogP contribution in [0.1, 0.15) is 43.2 Å². The van der Waals surface area contributed by atoms with Crippen LogP contribution in [0, 0.1) is 0 Å². The lowest BCUT2D eigenvalue weighted by atomic mass is 9.85. The van der Waals surface area contributed by atoms with Crippen molar-refractivity contribution in [3.05, 3.63) is 59.7 Å². The van der Waals surface area contributed by atoms with Gasteiger partial charge in [0.2, 0.25) is 0 Å². The molecule has 2 aromatic rings. The first kappa shape index (κ1) is 21.5. The molecule has 0 atom stereocenters. The number of likely N-dealkylation sites (N-methyl/N-ethyl adjacent to an activating group) is 1. The zero-order valence-corrected chi connectivity index (χ0v) is 19.3. The molecule has 1 aliphatic carbocycles. The number of rotatable bonds is 5. The number of nitrogens with zero attached hydrogens (tertiary/aromatic N) is 3. The molecule has 0 N–H and O–H groups in total. The largest absolute Gasteiger partial charge is 0.441 e. The van der Waals surface area contributed by atoms with Gasteiger partial charge in [0.1, 0.15) is 5.60 Å². The molecular weight excluding hydrogens is 398 g/mol. The molecular formula is C27H35N3O2. The SMILES string of the molecule is CN1CCN(Cc2ccc(-c3ccc(CN4CC5(CCCCC5)OC4=O)cc3)cc2)CC1. The van der Waals surface area contributed by atoms with Gasteiger partial charge in [-0.3, -0.25) is 9.80 Å². The van der Waals surface area contributed by atoms with Gasteiger partial charge in [-0.1, -0.05) is 55.0 Å². The van der Waals surface area contributed by atoms with Crippen LogP contribution in [-0.4, -0.2) is 66.2 Å². The molecule has 32 heavy (non-hydrogen) atoms. The summed E-state index contributed by atoms with van der Waals surface area (Å²) in [6.45, 7) is 6.99. The Balaban J connectivity index is 1.18. The van der Waals surface area contributed by atoms with Crippen LogP contribution in [0.5, 0.6) is 0 Å². The lowest BCUT2D eigenvalue weighted by molar-refractivity contribution is 0.0260. The molecule has 5 heteroatoms. The van der Waals surface area contributed by atoms with Crippen LogP contribution in [-0.2, 0) is 17.8 Å². The summed E-state index contributed by atoms with van der Waals surface area (Å²) < 4.78 is 5.82. The van der Waals surface area contributed by atoms with Gasteiger partial charge < -0.3 is 9.64 Å². The fourth-order valence-corrected chi connectivity index (χ4v) is 5.36. The van der Waals surface area contributed by atoms with E-state index in [0.717, 1.165) is 57.7 Å². The van der Waals surface area contributed by atoms with Gasteiger partial charge >= 0.3 is 6.09 Å². The number of carbonyl (C=O) groups is 1. The van der Waals surface area contributed by atoms with Gasteiger partial charge in [0.05, 0.1) is 6.54 Å². The monoisotopic (exact) mass is 433 g/mol. The lowest BCUT2D eigenvalue weighted by Crippen LogP contribution is -2.43. The second kappa shape index (κ2) is 9.24. The molecule has 1 saturated carbocycles. The van der Waals surface area contributed by atoms with E-state index in [4.69, 9.17) is 4.74 Å². The molecule has 0 bridgehead atoms. The summed E-state index contributed by atoms with van der Waals surface area (Å²) >= 11 is 0. The van der Waals surface area contributed by atoms with E-state index in [1.807, 2.05) is 4.90 Å². The summed E-state index contributed by atoms with van der Waals surface area (Å²) in [5.74, 6) is 0. The first-order valence-electron chi connectivity index (χ1n) is 12.2. The number of hydrogen-bond acceptors (Lipinski definition) is 4. The van der Waals surface area contributed by atoms with Gasteiger partial charge in [0, 0.05) is 39.3 Å². The van der Waals surface area contributed by atoms with Crippen molar-refractivity contribution < 1.29 is 9.53 Å². The van der Waals surface area contributed by atoms with Crippen LogP contribution in [0.25, 0.3) is 11.1 Å². The van der Waals surface area contributed by atoms with Crippen molar-refractivity contribution in [1.82, 2.24) is 14.7 Å². The maximum atomic E-state index is 12.4. The molecule has 2 saturated heterocycles. The minimum absolute atomic E-state index is 0.146. The van der Waals surface area contributed by atoms with Crippen molar-refractivity contribution in [1.29, 1.82) is 0 Å². The third-order valence-corrected chi connectivity index (χ3v) is 7.42. The first-order chi connectivity index (χ1) is 15.6. The highest BCUT2D eigenvalue weighted by molar-refractivity contribution is 5.71. The summed E-state index contributed by atoms with van der Waals surface area (Å²) in [5.41, 5.74) is 4.76. The molecule has 0 unspecified atom stereocenters. The fourth-order valence-electron chi connectivity index (χ4n) is 5.36. The Labute approximate surface area is 191 Å². The Bertz CT molecular complexity index is 911. The lowest BCUT2D eigenvalue weighted by Gasteiger charge is -2.32. The molecule has 1 amide bonds. The minimum Gasteiger partial charge on any atom is -0.441 e. The van der Waals surface area contributed by atoms with Crippen molar-refractivity contribution in [3.63, 3.8) is 0 Å². The summed E-state index contributed by atoms with van der Waals surface area (Å²) in [4.78, 5) is 19.2. The molecule has 0 radical (unpaired) electrons. The number of piperazine rings is 1. The molecule has 5 nitrogen and oxygen atoms in total. The number of hydrogen-bond donors (Lipinski definition) is 0. The molecule has 3 fully saturated rings. The second-order valence-electron chi connectivity index (χ2n) is 9.94. The summed E-state index contributed by atoms with van der Waals surface area (Å²) in [6.07, 6.45) is 5.48. The second-order valence-corrected chi connectivity index (χ2v) is 9.94. The molecule has 5 rings (SSSR count). The van der Waals surface area contributed by atoms with Crippen LogP contribution in [0.3, 0.4) is 0 Å². The normalized spacial score (nSPS) is 21.8. The Morgan fingerprint density at radius 1 is 0.781 bits per heavy atom. The van der Waals surface area contributed by atoms with Gasteiger partial charge in [0.15, 0.2) is 0 Å². The molecule has 2 aliphatic heterocycles. The standard InChI is InChI=1S/C27H35N3O2/c1-28-15-17-29(18-16-28)19-22-5-9-24(10-6-22)25-11-7-23(8-12-25)20-30-21-27(32-26(30)31)13-3-2-4-14-27/h5-12H,2-4,13-21H2,1H3. The van der Waals surface area contributed by atoms with E-state index in [1.54, 1.807) is 0 Å². The van der Waals surface area contributed by atoms with Crippen molar-refractivity contribution in [3.8, 4) is 11.1 Å². The summed E-state index contributed by atoms with van der Waals surface area (Å²) in [6, 6.07) is 17.6. The van der Waals surface area contributed by atoms with Gasteiger partial charge in [-0.25, -0.2) is 4.79 Å². The average molecular weight is 434 g/mol. The zero-order valence-electron chi connectivity index (χ0n) is 19.3. The highest BCUT2D eigenvalue weighted by Gasteiger charge is 2.45. The third kappa shape index (κ3) is 4.84. The highest BCUT2D eigenvalue weighted by Crippen LogP contribution is 2.37. The first-order valence-corrected chi connectivity index (χ1v) is 12.2. The Kier molecular flexibility index (Phi) is 6.20. The Morgan fingerprint density at radius 3 is 1.94 bits per heavy atom. The van der Waals surface area contributed by atoms with E-state index in [9.17, 15) is 4.79 Å². The Hall–Kier alpha value is -2.37. The quantitative estimate of drug-likeness (QED) is 0.681. The van der Waals surface area contributed by atoms with E-state index < -0.39 is 0 Å². The topological polar surface area (TPSA) is 36.0 Å². The predicted octanol–water partition coefficient (Wildman–Crippen LogP) is 4.76. The number of ether oxygens (including phenoxy) is 1.